The standard InChI is InChI=1S/C11H17N3O4/c1-16-5-6-17-7-8-18-10-4-2-3-9(13-10)11(12)14-15/h2-4,15H,5-8H2,1H3,(H2,12,14). The Kier molecular flexibility index (Phi) is 6.52. The highest BCUT2D eigenvalue weighted by Gasteiger charge is 2.02. The van der Waals surface area contributed by atoms with E-state index in [4.69, 9.17) is 25.2 Å². The zero-order chi connectivity index (χ0) is 13.2. The average molecular weight is 255 g/mol. The van der Waals surface area contributed by atoms with Crippen LogP contribution in [-0.2, 0) is 9.47 Å². The van der Waals surface area contributed by atoms with Crippen LogP contribution < -0.4 is 10.5 Å². The van der Waals surface area contributed by atoms with E-state index in [9.17, 15) is 0 Å². The molecule has 1 rings (SSSR count). The van der Waals surface area contributed by atoms with Gasteiger partial charge in [0.25, 0.3) is 0 Å². The van der Waals surface area contributed by atoms with Gasteiger partial charge in [-0.3, -0.25) is 0 Å². The van der Waals surface area contributed by atoms with Crippen LogP contribution in [-0.4, -0.2) is 49.6 Å². The van der Waals surface area contributed by atoms with Crippen LogP contribution in [0.4, 0.5) is 0 Å². The molecular weight excluding hydrogens is 238 g/mol. The van der Waals surface area contributed by atoms with Crippen LogP contribution in [0.15, 0.2) is 23.4 Å². The van der Waals surface area contributed by atoms with E-state index in [1.165, 1.54) is 0 Å². The number of pyridine rings is 1. The van der Waals surface area contributed by atoms with Crippen molar-refractivity contribution in [2.45, 2.75) is 0 Å². The maximum Gasteiger partial charge on any atom is 0.213 e. The summed E-state index contributed by atoms with van der Waals surface area (Å²) in [6, 6.07) is 5.02. The largest absolute Gasteiger partial charge is 0.475 e. The molecule has 7 nitrogen and oxygen atoms in total. The minimum absolute atomic E-state index is 0.0585. The first kappa shape index (κ1) is 14.2. The van der Waals surface area contributed by atoms with Gasteiger partial charge in [0.15, 0.2) is 5.84 Å². The molecule has 0 fully saturated rings. The van der Waals surface area contributed by atoms with Crippen molar-refractivity contribution in [2.24, 2.45) is 10.9 Å². The Morgan fingerprint density at radius 1 is 1.33 bits per heavy atom. The van der Waals surface area contributed by atoms with Crippen LogP contribution >= 0.6 is 0 Å². The molecule has 0 bridgehead atoms. The van der Waals surface area contributed by atoms with Crippen molar-refractivity contribution in [3.8, 4) is 5.88 Å². The molecule has 0 aliphatic heterocycles. The van der Waals surface area contributed by atoms with Crippen LogP contribution in [0.25, 0.3) is 0 Å². The fourth-order valence-corrected chi connectivity index (χ4v) is 1.14. The molecule has 1 heterocycles. The predicted octanol–water partition coefficient (Wildman–Crippen LogP) is 0.218. The zero-order valence-electron chi connectivity index (χ0n) is 10.2. The van der Waals surface area contributed by atoms with Crippen molar-refractivity contribution in [3.05, 3.63) is 23.9 Å². The lowest BCUT2D eigenvalue weighted by Crippen LogP contribution is -2.16. The number of hydrogen-bond acceptors (Lipinski definition) is 6. The van der Waals surface area contributed by atoms with Crippen LogP contribution in [0, 0.1) is 0 Å². The lowest BCUT2D eigenvalue weighted by molar-refractivity contribution is 0.0537. The number of aromatic nitrogens is 1. The molecule has 0 unspecified atom stereocenters. The monoisotopic (exact) mass is 255 g/mol. The second-order valence-corrected chi connectivity index (χ2v) is 3.30. The number of ether oxygens (including phenoxy) is 3. The maximum absolute atomic E-state index is 8.53. The number of nitrogens with zero attached hydrogens (tertiary/aromatic N) is 2. The molecule has 0 spiro atoms. The summed E-state index contributed by atoms with van der Waals surface area (Å²) in [7, 11) is 1.61. The third-order valence-electron chi connectivity index (χ3n) is 2.00. The van der Waals surface area contributed by atoms with E-state index in [1.807, 2.05) is 0 Å². The molecule has 0 saturated carbocycles. The molecule has 0 aliphatic carbocycles. The van der Waals surface area contributed by atoms with Crippen molar-refractivity contribution in [2.75, 3.05) is 33.5 Å². The molecule has 1 aromatic rings. The van der Waals surface area contributed by atoms with Crippen molar-refractivity contribution in [1.29, 1.82) is 0 Å². The summed E-state index contributed by atoms with van der Waals surface area (Å²) in [5.74, 6) is 0.339. The fraction of sp³-hybridized carbons (Fsp3) is 0.455. The van der Waals surface area contributed by atoms with E-state index in [0.29, 0.717) is 38.0 Å². The first-order valence-electron chi connectivity index (χ1n) is 5.42. The molecule has 1 aromatic heterocycles. The summed E-state index contributed by atoms with van der Waals surface area (Å²) in [5.41, 5.74) is 5.77. The molecule has 0 radical (unpaired) electrons. The Bertz CT molecular complexity index is 384. The minimum Gasteiger partial charge on any atom is -0.475 e. The number of amidine groups is 1. The summed E-state index contributed by atoms with van der Waals surface area (Å²) in [6.07, 6.45) is 0. The lowest BCUT2D eigenvalue weighted by Gasteiger charge is -2.07. The Labute approximate surface area is 105 Å². The highest BCUT2D eigenvalue weighted by molar-refractivity contribution is 5.95. The molecule has 0 atom stereocenters. The number of nitrogens with two attached hydrogens (primary N) is 1. The zero-order valence-corrected chi connectivity index (χ0v) is 10.2. The molecule has 18 heavy (non-hydrogen) atoms. The third kappa shape index (κ3) is 4.98. The Balaban J connectivity index is 2.34. The summed E-state index contributed by atoms with van der Waals surface area (Å²) in [4.78, 5) is 4.06. The highest BCUT2D eigenvalue weighted by atomic mass is 16.5. The molecule has 0 amide bonds. The smallest absolute Gasteiger partial charge is 0.213 e. The maximum atomic E-state index is 8.53. The highest BCUT2D eigenvalue weighted by Crippen LogP contribution is 2.07. The van der Waals surface area contributed by atoms with Crippen LogP contribution in [0.3, 0.4) is 0 Å². The fourth-order valence-electron chi connectivity index (χ4n) is 1.14. The van der Waals surface area contributed by atoms with E-state index in [1.54, 1.807) is 25.3 Å². The van der Waals surface area contributed by atoms with Gasteiger partial charge in [0.2, 0.25) is 5.88 Å². The van der Waals surface area contributed by atoms with Gasteiger partial charge in [-0.15, -0.1) is 0 Å². The van der Waals surface area contributed by atoms with Gasteiger partial charge >= 0.3 is 0 Å². The van der Waals surface area contributed by atoms with Gasteiger partial charge in [-0.25, -0.2) is 4.98 Å². The molecule has 3 N–H and O–H groups in total. The van der Waals surface area contributed by atoms with Crippen LogP contribution in [0.1, 0.15) is 5.69 Å². The average Bonchev–Trinajstić information content (AvgIpc) is 2.42. The normalized spacial score (nSPS) is 11.5. The van der Waals surface area contributed by atoms with Gasteiger partial charge < -0.3 is 25.2 Å². The Morgan fingerprint density at radius 3 is 2.83 bits per heavy atom. The number of methoxy groups -OCH3 is 1. The van der Waals surface area contributed by atoms with Crippen molar-refractivity contribution in [1.82, 2.24) is 4.98 Å². The summed E-state index contributed by atoms with van der Waals surface area (Å²) in [5, 5.41) is 11.4. The Hall–Kier alpha value is -1.86. The summed E-state index contributed by atoms with van der Waals surface area (Å²) >= 11 is 0. The quantitative estimate of drug-likeness (QED) is 0.226. The van der Waals surface area contributed by atoms with E-state index in [-0.39, 0.29) is 5.84 Å². The molecule has 0 saturated heterocycles. The number of rotatable bonds is 8. The van der Waals surface area contributed by atoms with Crippen LogP contribution in [0.5, 0.6) is 5.88 Å². The second-order valence-electron chi connectivity index (χ2n) is 3.30. The van der Waals surface area contributed by atoms with Gasteiger partial charge in [-0.1, -0.05) is 11.2 Å². The van der Waals surface area contributed by atoms with Gasteiger partial charge in [0.05, 0.1) is 19.8 Å². The second kappa shape index (κ2) is 8.26. The predicted molar refractivity (Wildman–Crippen MR) is 64.9 cm³/mol. The molecule has 0 aromatic carbocycles. The van der Waals surface area contributed by atoms with Crippen molar-refractivity contribution >= 4 is 5.84 Å². The molecule has 0 aliphatic rings. The van der Waals surface area contributed by atoms with E-state index < -0.39 is 0 Å². The Morgan fingerprint density at radius 2 is 2.11 bits per heavy atom. The van der Waals surface area contributed by atoms with Crippen molar-refractivity contribution < 1.29 is 19.4 Å². The third-order valence-corrected chi connectivity index (χ3v) is 2.00. The SMILES string of the molecule is COCCOCCOc1cccc(/C(N)=N/O)n1. The van der Waals surface area contributed by atoms with E-state index >= 15 is 0 Å². The van der Waals surface area contributed by atoms with Crippen molar-refractivity contribution in [3.63, 3.8) is 0 Å². The lowest BCUT2D eigenvalue weighted by atomic mass is 10.3. The molecular formula is C11H17N3O4. The first-order chi connectivity index (χ1) is 8.77. The number of oxime groups is 1. The van der Waals surface area contributed by atoms with Crippen LogP contribution in [0.2, 0.25) is 0 Å². The minimum atomic E-state index is -0.0585. The number of hydrogen-bond donors (Lipinski definition) is 2. The van der Waals surface area contributed by atoms with Gasteiger partial charge in [-0.2, -0.15) is 0 Å². The van der Waals surface area contributed by atoms with E-state index in [0.717, 1.165) is 0 Å². The summed E-state index contributed by atoms with van der Waals surface area (Å²) < 4.78 is 15.4. The molecule has 100 valence electrons. The van der Waals surface area contributed by atoms with Gasteiger partial charge in [0.1, 0.15) is 12.3 Å². The molecule has 7 heteroatoms. The van der Waals surface area contributed by atoms with E-state index in [2.05, 4.69) is 10.1 Å². The topological polar surface area (TPSA) is 99.2 Å². The van der Waals surface area contributed by atoms with Gasteiger partial charge in [-0.05, 0) is 6.07 Å². The summed E-state index contributed by atoms with van der Waals surface area (Å²) in [6.45, 7) is 1.89. The van der Waals surface area contributed by atoms with Gasteiger partial charge in [0, 0.05) is 13.2 Å². The first-order valence-corrected chi connectivity index (χ1v) is 5.42.